The minimum atomic E-state index is -3.78. The molecule has 0 aliphatic carbocycles. The summed E-state index contributed by atoms with van der Waals surface area (Å²) in [4.78, 5) is 14.4. The van der Waals surface area contributed by atoms with Crippen molar-refractivity contribution in [1.29, 1.82) is 0 Å². The molecule has 1 aliphatic rings. The summed E-state index contributed by atoms with van der Waals surface area (Å²) >= 11 is 5.78. The molecular formula is C18H19ClN2O3S. The SMILES string of the molecule is CC(NS(=O)(=O)c1ccc(Cl)cc1)C(=O)N1CCc2ccccc2C1. The van der Waals surface area contributed by atoms with Gasteiger partial charge >= 0.3 is 0 Å². The van der Waals surface area contributed by atoms with Crippen molar-refractivity contribution in [3.8, 4) is 0 Å². The first kappa shape index (κ1) is 17.9. The van der Waals surface area contributed by atoms with Crippen LogP contribution in [0.3, 0.4) is 0 Å². The van der Waals surface area contributed by atoms with Crippen LogP contribution in [-0.4, -0.2) is 31.8 Å². The van der Waals surface area contributed by atoms with Crippen molar-refractivity contribution in [3.05, 3.63) is 64.7 Å². The molecule has 1 heterocycles. The summed E-state index contributed by atoms with van der Waals surface area (Å²) in [5.41, 5.74) is 2.34. The lowest BCUT2D eigenvalue weighted by Gasteiger charge is -2.31. The molecule has 5 nitrogen and oxygen atoms in total. The first-order valence-corrected chi connectivity index (χ1v) is 9.86. The molecule has 2 aromatic rings. The average molecular weight is 379 g/mol. The fourth-order valence-corrected chi connectivity index (χ4v) is 4.25. The Bertz CT molecular complexity index is 881. The van der Waals surface area contributed by atoms with E-state index < -0.39 is 16.1 Å². The van der Waals surface area contributed by atoms with Crippen molar-refractivity contribution in [3.63, 3.8) is 0 Å². The Balaban J connectivity index is 1.70. The quantitative estimate of drug-likeness (QED) is 0.889. The van der Waals surface area contributed by atoms with Crippen LogP contribution in [-0.2, 0) is 27.8 Å². The van der Waals surface area contributed by atoms with E-state index in [1.165, 1.54) is 29.8 Å². The molecule has 132 valence electrons. The highest BCUT2D eigenvalue weighted by Gasteiger charge is 2.28. The minimum Gasteiger partial charge on any atom is -0.337 e. The van der Waals surface area contributed by atoms with Crippen molar-refractivity contribution >= 4 is 27.5 Å². The van der Waals surface area contributed by atoms with Gasteiger partial charge in [0.25, 0.3) is 0 Å². The summed E-state index contributed by atoms with van der Waals surface area (Å²) in [7, 11) is -3.78. The molecule has 0 spiro atoms. The van der Waals surface area contributed by atoms with Gasteiger partial charge in [-0.25, -0.2) is 8.42 Å². The Kier molecular flexibility index (Phi) is 5.13. The highest BCUT2D eigenvalue weighted by atomic mass is 35.5. The van der Waals surface area contributed by atoms with E-state index in [4.69, 9.17) is 11.6 Å². The zero-order chi connectivity index (χ0) is 18.0. The lowest BCUT2D eigenvalue weighted by Crippen LogP contribution is -2.48. The summed E-state index contributed by atoms with van der Waals surface area (Å²) in [5, 5.41) is 0.454. The first-order valence-electron chi connectivity index (χ1n) is 8.00. The predicted octanol–water partition coefficient (Wildman–Crippen LogP) is 2.59. The lowest BCUT2D eigenvalue weighted by atomic mass is 9.99. The zero-order valence-corrected chi connectivity index (χ0v) is 15.3. The summed E-state index contributed by atoms with van der Waals surface area (Å²) < 4.78 is 27.3. The largest absolute Gasteiger partial charge is 0.337 e. The predicted molar refractivity (Wildman–Crippen MR) is 96.8 cm³/mol. The fraction of sp³-hybridized carbons (Fsp3) is 0.278. The van der Waals surface area contributed by atoms with Crippen molar-refractivity contribution in [1.82, 2.24) is 9.62 Å². The molecule has 1 unspecified atom stereocenters. The molecule has 0 radical (unpaired) electrons. The van der Waals surface area contributed by atoms with Crippen LogP contribution in [0.5, 0.6) is 0 Å². The van der Waals surface area contributed by atoms with Gasteiger partial charge in [-0.05, 0) is 48.7 Å². The number of nitrogens with zero attached hydrogens (tertiary/aromatic N) is 1. The van der Waals surface area contributed by atoms with E-state index >= 15 is 0 Å². The molecule has 7 heteroatoms. The van der Waals surface area contributed by atoms with Gasteiger partial charge in [0.15, 0.2) is 0 Å². The Morgan fingerprint density at radius 3 is 2.44 bits per heavy atom. The molecule has 1 amide bonds. The van der Waals surface area contributed by atoms with Crippen molar-refractivity contribution < 1.29 is 13.2 Å². The number of halogens is 1. The van der Waals surface area contributed by atoms with Crippen molar-refractivity contribution in [2.75, 3.05) is 6.54 Å². The van der Waals surface area contributed by atoms with Gasteiger partial charge in [0.2, 0.25) is 15.9 Å². The molecule has 1 atom stereocenters. The molecule has 0 saturated heterocycles. The third-order valence-electron chi connectivity index (χ3n) is 4.27. The maximum Gasteiger partial charge on any atom is 0.241 e. The molecular weight excluding hydrogens is 360 g/mol. The Hall–Kier alpha value is -1.89. The standard InChI is InChI=1S/C18H19ClN2O3S/c1-13(20-25(23,24)17-8-6-16(19)7-9-17)18(22)21-11-10-14-4-2-3-5-15(14)12-21/h2-9,13,20H,10-12H2,1H3. The van der Waals surface area contributed by atoms with Crippen LogP contribution in [0.4, 0.5) is 0 Å². The van der Waals surface area contributed by atoms with Crippen LogP contribution in [0.25, 0.3) is 0 Å². The van der Waals surface area contributed by atoms with Gasteiger partial charge in [-0.2, -0.15) is 4.72 Å². The number of benzene rings is 2. The molecule has 1 aliphatic heterocycles. The van der Waals surface area contributed by atoms with Gasteiger partial charge < -0.3 is 4.90 Å². The highest BCUT2D eigenvalue weighted by Crippen LogP contribution is 2.20. The van der Waals surface area contributed by atoms with Crippen molar-refractivity contribution in [2.24, 2.45) is 0 Å². The number of amides is 1. The second kappa shape index (κ2) is 7.15. The van der Waals surface area contributed by atoms with Gasteiger partial charge in [-0.3, -0.25) is 4.79 Å². The van der Waals surface area contributed by atoms with Crippen LogP contribution >= 0.6 is 11.6 Å². The van der Waals surface area contributed by atoms with E-state index in [1.54, 1.807) is 11.8 Å². The number of fused-ring (bicyclic) bond motifs is 1. The van der Waals surface area contributed by atoms with Crippen LogP contribution in [0, 0.1) is 0 Å². The average Bonchev–Trinajstić information content (AvgIpc) is 2.60. The lowest BCUT2D eigenvalue weighted by molar-refractivity contribution is -0.133. The van der Waals surface area contributed by atoms with Gasteiger partial charge in [0.1, 0.15) is 0 Å². The van der Waals surface area contributed by atoms with Gasteiger partial charge in [-0.15, -0.1) is 0 Å². The molecule has 0 saturated carbocycles. The topological polar surface area (TPSA) is 66.5 Å². The number of hydrogen-bond acceptors (Lipinski definition) is 3. The molecule has 0 bridgehead atoms. The minimum absolute atomic E-state index is 0.0838. The number of rotatable bonds is 4. The normalized spacial score (nSPS) is 15.5. The van der Waals surface area contributed by atoms with E-state index in [2.05, 4.69) is 10.8 Å². The van der Waals surface area contributed by atoms with Gasteiger partial charge in [0.05, 0.1) is 10.9 Å². The van der Waals surface area contributed by atoms with E-state index in [9.17, 15) is 13.2 Å². The summed E-state index contributed by atoms with van der Waals surface area (Å²) in [6.07, 6.45) is 0.776. The fourth-order valence-electron chi connectivity index (χ4n) is 2.92. The number of carbonyl (C=O) groups excluding carboxylic acids is 1. The van der Waals surface area contributed by atoms with E-state index in [0.717, 1.165) is 12.0 Å². The van der Waals surface area contributed by atoms with Crippen LogP contribution < -0.4 is 4.72 Å². The molecule has 25 heavy (non-hydrogen) atoms. The number of nitrogens with one attached hydrogen (secondary N) is 1. The third-order valence-corrected chi connectivity index (χ3v) is 6.08. The molecule has 3 rings (SSSR count). The highest BCUT2D eigenvalue weighted by molar-refractivity contribution is 7.89. The van der Waals surface area contributed by atoms with Gasteiger partial charge in [0, 0.05) is 18.1 Å². The summed E-state index contributed by atoms with van der Waals surface area (Å²) in [5.74, 6) is -0.230. The molecule has 1 N–H and O–H groups in total. The van der Waals surface area contributed by atoms with Crippen LogP contribution in [0.15, 0.2) is 53.4 Å². The Morgan fingerprint density at radius 1 is 1.12 bits per heavy atom. The zero-order valence-electron chi connectivity index (χ0n) is 13.8. The van der Waals surface area contributed by atoms with E-state index in [-0.39, 0.29) is 10.8 Å². The number of hydrogen-bond donors (Lipinski definition) is 1. The second-order valence-electron chi connectivity index (χ2n) is 6.08. The van der Waals surface area contributed by atoms with Gasteiger partial charge in [-0.1, -0.05) is 35.9 Å². The second-order valence-corrected chi connectivity index (χ2v) is 8.23. The maximum atomic E-state index is 12.6. The Morgan fingerprint density at radius 2 is 1.76 bits per heavy atom. The van der Waals surface area contributed by atoms with E-state index in [1.807, 2.05) is 18.2 Å². The number of sulfonamides is 1. The Labute approximate surface area is 152 Å². The molecule has 2 aromatic carbocycles. The third kappa shape index (κ3) is 4.03. The van der Waals surface area contributed by atoms with Crippen LogP contribution in [0.1, 0.15) is 18.1 Å². The first-order chi connectivity index (χ1) is 11.9. The summed E-state index contributed by atoms with van der Waals surface area (Å²) in [6, 6.07) is 13.0. The number of carbonyl (C=O) groups is 1. The smallest absolute Gasteiger partial charge is 0.241 e. The molecule has 0 aromatic heterocycles. The monoisotopic (exact) mass is 378 g/mol. The van der Waals surface area contributed by atoms with Crippen LogP contribution in [0.2, 0.25) is 5.02 Å². The maximum absolute atomic E-state index is 12.6. The van der Waals surface area contributed by atoms with Crippen molar-refractivity contribution in [2.45, 2.75) is 30.8 Å². The molecule has 0 fully saturated rings. The summed E-state index contributed by atoms with van der Waals surface area (Å²) in [6.45, 7) is 2.65. The van der Waals surface area contributed by atoms with E-state index in [0.29, 0.717) is 18.1 Å².